The molecule has 0 radical (unpaired) electrons. The van der Waals surface area contributed by atoms with Gasteiger partial charge in [-0.25, -0.2) is 6.57 Å². The maximum atomic E-state index is 12.5. The summed E-state index contributed by atoms with van der Waals surface area (Å²) in [7, 11) is 2.14. The van der Waals surface area contributed by atoms with Gasteiger partial charge in [-0.1, -0.05) is 36.9 Å². The number of piperazine rings is 1. The Bertz CT molecular complexity index is 1530. The molecule has 3 aliphatic rings. The molecule has 2 saturated heterocycles. The van der Waals surface area contributed by atoms with Crippen LogP contribution < -0.4 is 14.5 Å². The van der Waals surface area contributed by atoms with E-state index in [1.807, 2.05) is 0 Å². The van der Waals surface area contributed by atoms with Crippen LogP contribution >= 0.6 is 0 Å². The number of aryl methyl sites for hydroxylation is 1. The molecule has 0 spiro atoms. The lowest BCUT2D eigenvalue weighted by atomic mass is 10.00. The van der Waals surface area contributed by atoms with E-state index in [2.05, 4.69) is 76.5 Å². The van der Waals surface area contributed by atoms with Gasteiger partial charge in [-0.2, -0.15) is 9.97 Å². The number of likely N-dealkylation sites (tertiary alicyclic amines) is 1. The Hall–Kier alpha value is -4.16. The van der Waals surface area contributed by atoms with Crippen molar-refractivity contribution in [1.82, 2.24) is 19.8 Å². The van der Waals surface area contributed by atoms with Crippen LogP contribution in [0.3, 0.4) is 0 Å². The zero-order valence-electron chi connectivity index (χ0n) is 24.6. The number of amides is 1. The van der Waals surface area contributed by atoms with Gasteiger partial charge in [0.2, 0.25) is 12.5 Å². The molecule has 9 nitrogen and oxygen atoms in total. The van der Waals surface area contributed by atoms with Crippen molar-refractivity contribution in [1.29, 1.82) is 0 Å². The van der Waals surface area contributed by atoms with E-state index in [0.29, 0.717) is 44.8 Å². The van der Waals surface area contributed by atoms with Gasteiger partial charge in [0.15, 0.2) is 0 Å². The molecule has 3 aliphatic heterocycles. The van der Waals surface area contributed by atoms with Crippen molar-refractivity contribution < 1.29 is 9.53 Å². The summed E-state index contributed by atoms with van der Waals surface area (Å²) in [6.07, 6.45) is 4.43. The molecule has 0 bridgehead atoms. The Balaban J connectivity index is 1.34. The molecular formula is C33H39N7O2. The second-order valence-corrected chi connectivity index (χ2v) is 11.7. The minimum absolute atomic E-state index is 0.126. The van der Waals surface area contributed by atoms with Gasteiger partial charge in [-0.15, -0.1) is 0 Å². The highest BCUT2D eigenvalue weighted by molar-refractivity contribution is 5.95. The SMILES string of the molecule is [C-]#[N+]C[C@H]1CN(c2nc(OC[C@@H]3CCCN3C)nc3c2CCN(c2cc(C)cc4ccccc24)C3)CCN1C(=O)C=C. The molecule has 218 valence electrons. The Morgan fingerprint density at radius 1 is 1.14 bits per heavy atom. The smallest absolute Gasteiger partial charge is 0.318 e. The lowest BCUT2D eigenvalue weighted by Gasteiger charge is -2.41. The molecule has 0 saturated carbocycles. The quantitative estimate of drug-likeness (QED) is 0.316. The number of carbonyl (C=O) groups is 1. The fourth-order valence-corrected chi connectivity index (χ4v) is 6.70. The molecule has 4 heterocycles. The van der Waals surface area contributed by atoms with Gasteiger partial charge in [0, 0.05) is 48.9 Å². The standard InChI is InChI=1S/C33H39N7O2/c1-5-31(41)40-16-15-39(20-26(40)19-34-3)32-28-12-14-38(30-18-23(2)17-24-9-6-7-11-27(24)30)21-29(28)35-33(36-32)42-22-25-10-8-13-37(25)4/h5-7,9,11,17-18,25-26H,1,8,10,12-16,19-22H2,2,4H3/t25-,26-/m0/s1. The number of benzene rings is 2. The number of aromatic nitrogens is 2. The summed E-state index contributed by atoms with van der Waals surface area (Å²) in [5.41, 5.74) is 4.58. The molecule has 42 heavy (non-hydrogen) atoms. The van der Waals surface area contributed by atoms with E-state index in [-0.39, 0.29) is 18.5 Å². The Morgan fingerprint density at radius 2 is 2.00 bits per heavy atom. The van der Waals surface area contributed by atoms with Crippen molar-refractivity contribution >= 4 is 28.2 Å². The minimum Gasteiger partial charge on any atom is -0.462 e. The Labute approximate surface area is 248 Å². The third kappa shape index (κ3) is 5.51. The lowest BCUT2D eigenvalue weighted by molar-refractivity contribution is -0.128. The van der Waals surface area contributed by atoms with E-state index in [1.165, 1.54) is 34.5 Å². The first-order valence-electron chi connectivity index (χ1n) is 14.9. The van der Waals surface area contributed by atoms with Crippen LogP contribution in [0.25, 0.3) is 15.6 Å². The zero-order chi connectivity index (χ0) is 29.2. The third-order valence-electron chi connectivity index (χ3n) is 8.97. The number of fused-ring (bicyclic) bond motifs is 2. The maximum Gasteiger partial charge on any atom is 0.318 e. The van der Waals surface area contributed by atoms with Crippen molar-refractivity contribution in [3.63, 3.8) is 0 Å². The second-order valence-electron chi connectivity index (χ2n) is 11.7. The molecule has 2 fully saturated rings. The van der Waals surface area contributed by atoms with E-state index < -0.39 is 0 Å². The highest BCUT2D eigenvalue weighted by atomic mass is 16.5. The van der Waals surface area contributed by atoms with Crippen LogP contribution in [0.5, 0.6) is 6.01 Å². The van der Waals surface area contributed by atoms with Gasteiger partial charge in [0.25, 0.3) is 0 Å². The first-order chi connectivity index (χ1) is 20.4. The molecule has 9 heteroatoms. The Kier molecular flexibility index (Phi) is 7.98. The van der Waals surface area contributed by atoms with Crippen molar-refractivity contribution in [3.8, 4) is 6.01 Å². The van der Waals surface area contributed by atoms with Crippen molar-refractivity contribution in [3.05, 3.63) is 77.3 Å². The first-order valence-corrected chi connectivity index (χ1v) is 14.9. The molecule has 1 amide bonds. The molecule has 2 aromatic carbocycles. The Morgan fingerprint density at radius 3 is 2.79 bits per heavy atom. The minimum atomic E-state index is -0.220. The van der Waals surface area contributed by atoms with Crippen molar-refractivity contribution in [2.75, 3.05) is 62.7 Å². The largest absolute Gasteiger partial charge is 0.462 e. The molecule has 0 unspecified atom stereocenters. The fourth-order valence-electron chi connectivity index (χ4n) is 6.70. The van der Waals surface area contributed by atoms with E-state index in [1.54, 1.807) is 4.90 Å². The van der Waals surface area contributed by atoms with Gasteiger partial charge < -0.3 is 29.2 Å². The molecule has 6 rings (SSSR count). The molecule has 1 aromatic heterocycles. The predicted octanol–water partition coefficient (Wildman–Crippen LogP) is 4.10. The summed E-state index contributed by atoms with van der Waals surface area (Å²) in [6.45, 7) is 18.4. The van der Waals surface area contributed by atoms with Crippen molar-refractivity contribution in [2.45, 2.75) is 44.8 Å². The van der Waals surface area contributed by atoms with E-state index in [4.69, 9.17) is 21.3 Å². The number of likely N-dealkylation sites (N-methyl/N-ethyl adjacent to an activating group) is 1. The van der Waals surface area contributed by atoms with E-state index >= 15 is 0 Å². The average Bonchev–Trinajstić information content (AvgIpc) is 3.42. The number of rotatable bonds is 7. The number of anilines is 2. The van der Waals surface area contributed by atoms with Crippen molar-refractivity contribution in [2.24, 2.45) is 0 Å². The number of carbonyl (C=O) groups excluding carboxylic acids is 1. The fraction of sp³-hybridized carbons (Fsp3) is 0.455. The van der Waals surface area contributed by atoms with Crippen LogP contribution in [0.4, 0.5) is 11.5 Å². The highest BCUT2D eigenvalue weighted by Crippen LogP contribution is 2.35. The summed E-state index contributed by atoms with van der Waals surface area (Å²) < 4.78 is 6.30. The number of nitrogens with zero attached hydrogens (tertiary/aromatic N) is 7. The van der Waals surface area contributed by atoms with Gasteiger partial charge in [-0.3, -0.25) is 4.79 Å². The molecule has 0 N–H and O–H groups in total. The van der Waals surface area contributed by atoms with Crippen LogP contribution in [-0.4, -0.2) is 90.7 Å². The van der Waals surface area contributed by atoms with Crippen LogP contribution in [0, 0.1) is 13.5 Å². The van der Waals surface area contributed by atoms with E-state index in [9.17, 15) is 4.79 Å². The third-order valence-corrected chi connectivity index (χ3v) is 8.97. The normalized spacial score (nSPS) is 20.8. The average molecular weight is 566 g/mol. The number of ether oxygens (including phenoxy) is 1. The van der Waals surface area contributed by atoms with Crippen LogP contribution in [0.1, 0.15) is 29.7 Å². The zero-order valence-corrected chi connectivity index (χ0v) is 24.6. The second kappa shape index (κ2) is 12.0. The monoisotopic (exact) mass is 565 g/mol. The predicted molar refractivity (Wildman–Crippen MR) is 166 cm³/mol. The molecule has 0 aliphatic carbocycles. The molecular weight excluding hydrogens is 526 g/mol. The number of hydrogen-bond donors (Lipinski definition) is 0. The van der Waals surface area contributed by atoms with Gasteiger partial charge in [0.05, 0.1) is 12.2 Å². The van der Waals surface area contributed by atoms with Gasteiger partial charge >= 0.3 is 6.01 Å². The maximum absolute atomic E-state index is 12.5. The highest BCUT2D eigenvalue weighted by Gasteiger charge is 2.35. The summed E-state index contributed by atoms with van der Waals surface area (Å²) in [6, 6.07) is 13.6. The topological polar surface area (TPSA) is 69.4 Å². The van der Waals surface area contributed by atoms with E-state index in [0.717, 1.165) is 43.0 Å². The van der Waals surface area contributed by atoms with Crippen LogP contribution in [-0.2, 0) is 17.8 Å². The molecule has 3 aromatic rings. The molecule has 2 atom stereocenters. The summed E-state index contributed by atoms with van der Waals surface area (Å²) in [4.78, 5) is 34.9. The lowest BCUT2D eigenvalue weighted by Crippen LogP contribution is -2.56. The summed E-state index contributed by atoms with van der Waals surface area (Å²) >= 11 is 0. The summed E-state index contributed by atoms with van der Waals surface area (Å²) in [5, 5.41) is 2.48. The van der Waals surface area contributed by atoms with Crippen LogP contribution in [0.2, 0.25) is 0 Å². The van der Waals surface area contributed by atoms with Gasteiger partial charge in [0.1, 0.15) is 18.5 Å². The number of hydrogen-bond acceptors (Lipinski definition) is 7. The van der Waals surface area contributed by atoms with Gasteiger partial charge in [-0.05, 0) is 62.9 Å². The summed E-state index contributed by atoms with van der Waals surface area (Å²) in [5.74, 6) is 0.753. The first kappa shape index (κ1) is 28.0. The van der Waals surface area contributed by atoms with Crippen LogP contribution in [0.15, 0.2) is 49.1 Å².